The van der Waals surface area contributed by atoms with Crippen molar-refractivity contribution in [1.29, 1.82) is 0 Å². The molecule has 0 saturated carbocycles. The first-order valence-corrected chi connectivity index (χ1v) is 5.12. The van der Waals surface area contributed by atoms with Gasteiger partial charge in [-0.2, -0.15) is 0 Å². The van der Waals surface area contributed by atoms with E-state index in [0.717, 1.165) is 17.7 Å². The molecule has 0 aliphatic rings. The lowest BCUT2D eigenvalue weighted by molar-refractivity contribution is 0.198. The molecule has 0 aliphatic carbocycles. The highest BCUT2D eigenvalue weighted by Gasteiger charge is 2.25. The number of methoxy groups -OCH3 is 1. The smallest absolute Gasteiger partial charge is 0.119 e. The van der Waals surface area contributed by atoms with Gasteiger partial charge in [-0.25, -0.2) is 0 Å². The first kappa shape index (κ1) is 12.0. The Morgan fingerprint density at radius 3 is 2.73 bits per heavy atom. The molecule has 1 aromatic rings. The van der Waals surface area contributed by atoms with Crippen molar-refractivity contribution in [3.63, 3.8) is 0 Å². The van der Waals surface area contributed by atoms with E-state index in [1.807, 2.05) is 31.2 Å². The van der Waals surface area contributed by atoms with Gasteiger partial charge < -0.3 is 15.6 Å². The van der Waals surface area contributed by atoms with Crippen molar-refractivity contribution in [3.8, 4) is 5.75 Å². The Labute approximate surface area is 90.9 Å². The summed E-state index contributed by atoms with van der Waals surface area (Å²) in [6.07, 6.45) is 0.761. The van der Waals surface area contributed by atoms with E-state index in [1.165, 1.54) is 0 Å². The highest BCUT2D eigenvalue weighted by atomic mass is 16.5. The molecular formula is C12H19NO2. The molecule has 84 valence electrons. The van der Waals surface area contributed by atoms with Crippen LogP contribution in [0, 0.1) is 0 Å². The van der Waals surface area contributed by atoms with Crippen LogP contribution in [-0.4, -0.2) is 25.4 Å². The first-order valence-electron chi connectivity index (χ1n) is 5.12. The molecule has 0 aromatic heterocycles. The van der Waals surface area contributed by atoms with Crippen LogP contribution in [0.1, 0.15) is 18.9 Å². The fraction of sp³-hybridized carbons (Fsp3) is 0.500. The van der Waals surface area contributed by atoms with E-state index < -0.39 is 0 Å². The Hall–Kier alpha value is -1.06. The molecule has 0 aliphatic heterocycles. The van der Waals surface area contributed by atoms with Crippen molar-refractivity contribution < 1.29 is 9.84 Å². The van der Waals surface area contributed by atoms with E-state index >= 15 is 0 Å². The summed E-state index contributed by atoms with van der Waals surface area (Å²) in [6.45, 7) is 2.67. The Morgan fingerprint density at radius 2 is 2.20 bits per heavy atom. The Morgan fingerprint density at radius 1 is 1.47 bits per heavy atom. The maximum absolute atomic E-state index is 9.44. The standard InChI is InChI=1S/C12H19NO2/c1-12(9-14,6-7-13)10-4-3-5-11(8-10)15-2/h3-5,8,14H,6-7,9,13H2,1-2H3. The number of hydrogen-bond donors (Lipinski definition) is 2. The summed E-state index contributed by atoms with van der Waals surface area (Å²) >= 11 is 0. The minimum Gasteiger partial charge on any atom is -0.497 e. The molecule has 3 heteroatoms. The van der Waals surface area contributed by atoms with Gasteiger partial charge in [-0.1, -0.05) is 19.1 Å². The summed E-state index contributed by atoms with van der Waals surface area (Å²) in [4.78, 5) is 0. The van der Waals surface area contributed by atoms with Gasteiger partial charge in [0.25, 0.3) is 0 Å². The predicted octanol–water partition coefficient (Wildman–Crippen LogP) is 1.29. The summed E-state index contributed by atoms with van der Waals surface area (Å²) in [6, 6.07) is 7.77. The number of ether oxygens (including phenoxy) is 1. The van der Waals surface area contributed by atoms with Crippen LogP contribution in [0.2, 0.25) is 0 Å². The molecule has 1 rings (SSSR count). The van der Waals surface area contributed by atoms with E-state index in [2.05, 4.69) is 0 Å². The molecule has 1 atom stereocenters. The lowest BCUT2D eigenvalue weighted by atomic mass is 9.80. The lowest BCUT2D eigenvalue weighted by Gasteiger charge is -2.27. The molecule has 15 heavy (non-hydrogen) atoms. The largest absolute Gasteiger partial charge is 0.497 e. The zero-order chi connectivity index (χ0) is 11.3. The van der Waals surface area contributed by atoms with Crippen molar-refractivity contribution in [1.82, 2.24) is 0 Å². The van der Waals surface area contributed by atoms with Crippen LogP contribution in [-0.2, 0) is 5.41 Å². The topological polar surface area (TPSA) is 55.5 Å². The third kappa shape index (κ3) is 2.70. The van der Waals surface area contributed by atoms with Crippen molar-refractivity contribution >= 4 is 0 Å². The highest BCUT2D eigenvalue weighted by Crippen LogP contribution is 2.29. The third-order valence-corrected chi connectivity index (χ3v) is 2.81. The zero-order valence-corrected chi connectivity index (χ0v) is 9.36. The molecule has 0 saturated heterocycles. The van der Waals surface area contributed by atoms with Gasteiger partial charge in [-0.05, 0) is 30.7 Å². The minimum atomic E-state index is -0.275. The van der Waals surface area contributed by atoms with Gasteiger partial charge in [-0.3, -0.25) is 0 Å². The fourth-order valence-electron chi connectivity index (χ4n) is 1.63. The van der Waals surface area contributed by atoms with Crippen LogP contribution in [0.3, 0.4) is 0 Å². The fourth-order valence-corrected chi connectivity index (χ4v) is 1.63. The number of hydrogen-bond acceptors (Lipinski definition) is 3. The van der Waals surface area contributed by atoms with Crippen LogP contribution in [0.25, 0.3) is 0 Å². The van der Waals surface area contributed by atoms with Gasteiger partial charge in [0, 0.05) is 5.41 Å². The predicted molar refractivity (Wildman–Crippen MR) is 61.1 cm³/mol. The van der Waals surface area contributed by atoms with Crippen LogP contribution >= 0.6 is 0 Å². The van der Waals surface area contributed by atoms with E-state index in [4.69, 9.17) is 10.5 Å². The van der Waals surface area contributed by atoms with Crippen molar-refractivity contribution in [2.75, 3.05) is 20.3 Å². The second-order valence-corrected chi connectivity index (χ2v) is 3.99. The molecule has 0 spiro atoms. The van der Waals surface area contributed by atoms with Gasteiger partial charge >= 0.3 is 0 Å². The Balaban J connectivity index is 3.00. The molecule has 3 N–H and O–H groups in total. The molecule has 1 unspecified atom stereocenters. The van der Waals surface area contributed by atoms with Crippen LogP contribution in [0.5, 0.6) is 5.75 Å². The molecule has 0 heterocycles. The van der Waals surface area contributed by atoms with Crippen molar-refractivity contribution in [3.05, 3.63) is 29.8 Å². The van der Waals surface area contributed by atoms with Crippen LogP contribution < -0.4 is 10.5 Å². The quantitative estimate of drug-likeness (QED) is 0.768. The molecule has 1 aromatic carbocycles. The second kappa shape index (κ2) is 5.14. The van der Waals surface area contributed by atoms with E-state index in [-0.39, 0.29) is 12.0 Å². The second-order valence-electron chi connectivity index (χ2n) is 3.99. The van der Waals surface area contributed by atoms with Gasteiger partial charge in [-0.15, -0.1) is 0 Å². The Kier molecular flexibility index (Phi) is 4.12. The molecule has 0 fully saturated rings. The van der Waals surface area contributed by atoms with Crippen LogP contribution in [0.15, 0.2) is 24.3 Å². The lowest BCUT2D eigenvalue weighted by Crippen LogP contribution is -2.29. The number of aliphatic hydroxyl groups excluding tert-OH is 1. The molecule has 0 radical (unpaired) electrons. The minimum absolute atomic E-state index is 0.0946. The number of rotatable bonds is 5. The van der Waals surface area contributed by atoms with E-state index in [1.54, 1.807) is 7.11 Å². The normalized spacial score (nSPS) is 14.7. The highest BCUT2D eigenvalue weighted by molar-refractivity contribution is 5.33. The number of aliphatic hydroxyl groups is 1. The van der Waals surface area contributed by atoms with E-state index in [0.29, 0.717) is 6.54 Å². The summed E-state index contributed by atoms with van der Waals surface area (Å²) < 4.78 is 5.16. The molecule has 0 bridgehead atoms. The van der Waals surface area contributed by atoms with Gasteiger partial charge in [0.15, 0.2) is 0 Å². The average molecular weight is 209 g/mol. The van der Waals surface area contributed by atoms with Gasteiger partial charge in [0.1, 0.15) is 5.75 Å². The van der Waals surface area contributed by atoms with Gasteiger partial charge in [0.05, 0.1) is 13.7 Å². The Bertz CT molecular complexity index is 314. The molecular weight excluding hydrogens is 190 g/mol. The van der Waals surface area contributed by atoms with Gasteiger partial charge in [0.2, 0.25) is 0 Å². The third-order valence-electron chi connectivity index (χ3n) is 2.81. The van der Waals surface area contributed by atoms with E-state index in [9.17, 15) is 5.11 Å². The summed E-state index contributed by atoms with van der Waals surface area (Å²) in [5, 5.41) is 9.44. The summed E-state index contributed by atoms with van der Waals surface area (Å²) in [7, 11) is 1.64. The summed E-state index contributed by atoms with van der Waals surface area (Å²) in [5.74, 6) is 0.809. The summed E-state index contributed by atoms with van der Waals surface area (Å²) in [5.41, 5.74) is 6.35. The molecule has 0 amide bonds. The average Bonchev–Trinajstić information content (AvgIpc) is 2.29. The number of benzene rings is 1. The maximum atomic E-state index is 9.44. The molecule has 3 nitrogen and oxygen atoms in total. The van der Waals surface area contributed by atoms with Crippen LogP contribution in [0.4, 0.5) is 0 Å². The maximum Gasteiger partial charge on any atom is 0.119 e. The first-order chi connectivity index (χ1) is 7.16. The number of nitrogens with two attached hydrogens (primary N) is 1. The zero-order valence-electron chi connectivity index (χ0n) is 9.36. The SMILES string of the molecule is COc1cccc(C(C)(CO)CCN)c1. The monoisotopic (exact) mass is 209 g/mol. The van der Waals surface area contributed by atoms with Crippen molar-refractivity contribution in [2.45, 2.75) is 18.8 Å². The van der Waals surface area contributed by atoms with Crippen molar-refractivity contribution in [2.24, 2.45) is 5.73 Å².